The zero-order valence-corrected chi connectivity index (χ0v) is 26.9. The van der Waals surface area contributed by atoms with Crippen LogP contribution in [0.1, 0.15) is 110 Å². The molecule has 0 unspecified atom stereocenters. The van der Waals surface area contributed by atoms with E-state index in [0.717, 1.165) is 24.4 Å². The second kappa shape index (κ2) is 18.2. The maximum atomic E-state index is 6.23. The third-order valence-electron chi connectivity index (χ3n) is 6.43. The summed E-state index contributed by atoms with van der Waals surface area (Å²) >= 11 is 0. The molecule has 1 aromatic carbocycles. The van der Waals surface area contributed by atoms with Gasteiger partial charge < -0.3 is 20.1 Å². The van der Waals surface area contributed by atoms with Crippen LogP contribution >= 0.6 is 0 Å². The number of aryl methyl sites for hydroxylation is 1. The fourth-order valence-corrected chi connectivity index (χ4v) is 4.69. The van der Waals surface area contributed by atoms with Crippen LogP contribution in [0.3, 0.4) is 0 Å². The van der Waals surface area contributed by atoms with E-state index in [2.05, 4.69) is 49.9 Å². The monoisotopic (exact) mass is 554 g/mol. The van der Waals surface area contributed by atoms with E-state index >= 15 is 0 Å². The van der Waals surface area contributed by atoms with Gasteiger partial charge in [-0.1, -0.05) is 85.1 Å². The smallest absolute Gasteiger partial charge is 0.284 e. The number of rotatable bonds is 3. The summed E-state index contributed by atoms with van der Waals surface area (Å²) in [5.74, 6) is 2.62. The van der Waals surface area contributed by atoms with Crippen molar-refractivity contribution in [3.8, 4) is 5.88 Å². The Morgan fingerprint density at radius 1 is 0.950 bits per heavy atom. The van der Waals surface area contributed by atoms with Crippen molar-refractivity contribution in [3.63, 3.8) is 0 Å². The van der Waals surface area contributed by atoms with Crippen LogP contribution < -0.4 is 15.4 Å². The lowest BCUT2D eigenvalue weighted by molar-refractivity contribution is 0.171. The Morgan fingerprint density at radius 3 is 2.08 bits per heavy atom. The molecular weight excluding hydrogens is 500 g/mol. The van der Waals surface area contributed by atoms with E-state index in [1.54, 1.807) is 7.05 Å². The minimum Gasteiger partial charge on any atom is -0.463 e. The summed E-state index contributed by atoms with van der Waals surface area (Å²) in [7, 11) is 3.55. The van der Waals surface area contributed by atoms with Gasteiger partial charge in [0.15, 0.2) is 11.5 Å². The highest BCUT2D eigenvalue weighted by molar-refractivity contribution is 6.09. The van der Waals surface area contributed by atoms with Gasteiger partial charge in [0.25, 0.3) is 6.02 Å². The van der Waals surface area contributed by atoms with E-state index in [-0.39, 0.29) is 0 Å². The fourth-order valence-electron chi connectivity index (χ4n) is 4.69. The minimum absolute atomic E-state index is 0.541. The lowest BCUT2D eigenvalue weighted by Gasteiger charge is -2.32. The molecule has 40 heavy (non-hydrogen) atoms. The van der Waals surface area contributed by atoms with Crippen molar-refractivity contribution < 1.29 is 9.47 Å². The maximum Gasteiger partial charge on any atom is 0.284 e. The molecule has 224 valence electrons. The van der Waals surface area contributed by atoms with E-state index in [0.29, 0.717) is 35.1 Å². The lowest BCUT2D eigenvalue weighted by Crippen LogP contribution is -2.41. The normalized spacial score (nSPS) is 17.6. The number of benzene rings is 1. The molecule has 2 aromatic rings. The molecule has 0 spiro atoms. The van der Waals surface area contributed by atoms with Crippen LogP contribution in [0.15, 0.2) is 34.3 Å². The summed E-state index contributed by atoms with van der Waals surface area (Å²) in [5, 5.41) is 6.04. The Labute approximate surface area is 243 Å². The quantitative estimate of drug-likeness (QED) is 0.401. The minimum atomic E-state index is -0.550. The number of hydrogen-bond acceptors (Lipinski definition) is 7. The molecule has 8 nitrogen and oxygen atoms in total. The summed E-state index contributed by atoms with van der Waals surface area (Å²) in [6.45, 7) is 19.6. The lowest BCUT2D eigenvalue weighted by atomic mass is 9.83. The third-order valence-corrected chi connectivity index (χ3v) is 6.43. The van der Waals surface area contributed by atoms with E-state index in [4.69, 9.17) is 14.5 Å². The Balaban J connectivity index is 0.000000520. The van der Waals surface area contributed by atoms with Crippen molar-refractivity contribution in [2.75, 3.05) is 32.6 Å². The van der Waals surface area contributed by atoms with Crippen LogP contribution in [0.25, 0.3) is 0 Å². The topological polar surface area (TPSA) is 93.0 Å². The summed E-state index contributed by atoms with van der Waals surface area (Å²) in [5.41, 5.74) is 3.57. The molecular formula is C32H54N6O2. The van der Waals surface area contributed by atoms with Gasteiger partial charge in [0, 0.05) is 19.7 Å². The number of amidine groups is 1. The summed E-state index contributed by atoms with van der Waals surface area (Å²) in [6.07, 6.45) is 6.70. The van der Waals surface area contributed by atoms with Gasteiger partial charge in [-0.3, -0.25) is 0 Å². The Bertz CT molecular complexity index is 1050. The molecule has 8 heteroatoms. The standard InChI is InChI=1S/C22H28N4O.C4H8N2O.3C2H6/c1-14-24-20(23-4)18-21(25-14)27-22(2,3)19(26-18)17-12-10-16(11-13-17)15-8-6-5-7-9-15;1-5-4-6-2-3-7-4;3*1-2/h10-13,15H,5-9H2,1-4H3,(H,23,24,25);2-3H2,1H3,(H,5,6);3*1-2H3. The molecule has 1 saturated carbocycles. The van der Waals surface area contributed by atoms with Crippen molar-refractivity contribution in [2.24, 2.45) is 9.98 Å². The molecule has 1 aliphatic carbocycles. The number of aromatic nitrogens is 2. The van der Waals surface area contributed by atoms with Gasteiger partial charge in [0.2, 0.25) is 5.88 Å². The maximum absolute atomic E-state index is 6.23. The number of ether oxygens (including phenoxy) is 2. The fraction of sp³-hybridized carbons (Fsp3) is 0.625. The summed E-state index contributed by atoms with van der Waals surface area (Å²) < 4.78 is 11.2. The van der Waals surface area contributed by atoms with Crippen molar-refractivity contribution in [1.29, 1.82) is 0 Å². The molecule has 0 radical (unpaired) electrons. The number of hydrogen-bond donors (Lipinski definition) is 2. The zero-order valence-electron chi connectivity index (χ0n) is 26.9. The second-order valence-corrected chi connectivity index (χ2v) is 9.36. The first-order valence-electron chi connectivity index (χ1n) is 15.2. The molecule has 0 amide bonds. The highest BCUT2D eigenvalue weighted by Gasteiger charge is 2.35. The number of nitrogens with zero attached hydrogens (tertiary/aromatic N) is 4. The SMILES string of the molecule is CC.CC.CC.CN=C1NCCO1.CNc1nc(C)nc2c1N=C(c1ccc(C3CCCCC3)cc1)C(C)(C)O2. The zero-order chi connectivity index (χ0) is 30.1. The van der Waals surface area contributed by atoms with E-state index < -0.39 is 5.60 Å². The number of anilines is 1. The third kappa shape index (κ3) is 9.49. The Kier molecular flexibility index (Phi) is 15.9. The van der Waals surface area contributed by atoms with Crippen molar-refractivity contribution in [2.45, 2.75) is 106 Å². The predicted molar refractivity (Wildman–Crippen MR) is 171 cm³/mol. The second-order valence-electron chi connectivity index (χ2n) is 9.36. The number of nitrogens with one attached hydrogen (secondary N) is 2. The van der Waals surface area contributed by atoms with Crippen molar-refractivity contribution in [3.05, 3.63) is 41.2 Å². The Morgan fingerprint density at radius 2 is 1.57 bits per heavy atom. The van der Waals surface area contributed by atoms with Gasteiger partial charge in [-0.15, -0.1) is 0 Å². The predicted octanol–water partition coefficient (Wildman–Crippen LogP) is 7.84. The molecule has 0 bridgehead atoms. The molecule has 3 aliphatic rings. The van der Waals surface area contributed by atoms with Crippen LogP contribution in [0.2, 0.25) is 0 Å². The molecule has 2 aliphatic heterocycles. The molecule has 2 N–H and O–H groups in total. The molecule has 5 rings (SSSR count). The van der Waals surface area contributed by atoms with Gasteiger partial charge in [0.05, 0.1) is 12.3 Å². The first kappa shape index (κ1) is 34.9. The first-order valence-corrected chi connectivity index (χ1v) is 15.2. The largest absolute Gasteiger partial charge is 0.463 e. The van der Waals surface area contributed by atoms with E-state index in [9.17, 15) is 0 Å². The highest BCUT2D eigenvalue weighted by Crippen LogP contribution is 2.41. The highest BCUT2D eigenvalue weighted by atomic mass is 16.5. The van der Waals surface area contributed by atoms with Gasteiger partial charge in [-0.25, -0.2) is 15.0 Å². The average Bonchev–Trinajstić information content (AvgIpc) is 3.54. The molecule has 1 saturated heterocycles. The van der Waals surface area contributed by atoms with E-state index in [1.807, 2.05) is 69.4 Å². The molecule has 2 fully saturated rings. The molecule has 0 atom stereocenters. The number of aliphatic imine (C=N–C) groups is 2. The van der Waals surface area contributed by atoms with Gasteiger partial charge in [-0.05, 0) is 45.1 Å². The van der Waals surface area contributed by atoms with Crippen LogP contribution in [0, 0.1) is 6.92 Å². The summed E-state index contributed by atoms with van der Waals surface area (Å²) in [4.78, 5) is 17.6. The average molecular weight is 555 g/mol. The first-order chi connectivity index (χ1) is 19.4. The van der Waals surface area contributed by atoms with Crippen molar-refractivity contribution in [1.82, 2.24) is 15.3 Å². The summed E-state index contributed by atoms with van der Waals surface area (Å²) in [6, 6.07) is 9.58. The van der Waals surface area contributed by atoms with Crippen molar-refractivity contribution >= 4 is 23.2 Å². The Hall–Kier alpha value is -3.16. The van der Waals surface area contributed by atoms with Gasteiger partial charge in [-0.2, -0.15) is 4.98 Å². The van der Waals surface area contributed by atoms with E-state index in [1.165, 1.54) is 37.7 Å². The molecule has 1 aromatic heterocycles. The van der Waals surface area contributed by atoms with Crippen LogP contribution in [0.4, 0.5) is 11.5 Å². The van der Waals surface area contributed by atoms with Gasteiger partial charge >= 0.3 is 0 Å². The number of fused-ring (bicyclic) bond motifs is 1. The molecule has 3 heterocycles. The van der Waals surface area contributed by atoms with Crippen LogP contribution in [0.5, 0.6) is 5.88 Å². The van der Waals surface area contributed by atoms with Crippen LogP contribution in [-0.2, 0) is 4.74 Å². The van der Waals surface area contributed by atoms with Crippen LogP contribution in [-0.4, -0.2) is 54.5 Å². The van der Waals surface area contributed by atoms with Gasteiger partial charge in [0.1, 0.15) is 18.0 Å².